The van der Waals surface area contributed by atoms with Gasteiger partial charge in [0.1, 0.15) is 6.04 Å². The maximum atomic E-state index is 12.7. The fourth-order valence-corrected chi connectivity index (χ4v) is 4.31. The fourth-order valence-electron chi connectivity index (χ4n) is 3.85. The van der Waals surface area contributed by atoms with Gasteiger partial charge in [-0.05, 0) is 37.2 Å². The molecule has 1 amide bonds. The van der Waals surface area contributed by atoms with E-state index in [1.165, 1.54) is 16.6 Å². The Morgan fingerprint density at radius 1 is 1.36 bits per heavy atom. The van der Waals surface area contributed by atoms with Crippen LogP contribution >= 0.6 is 12.2 Å². The summed E-state index contributed by atoms with van der Waals surface area (Å²) >= 11 is 5.58. The summed E-state index contributed by atoms with van der Waals surface area (Å²) in [5.74, 6) is 0.162. The van der Waals surface area contributed by atoms with Crippen molar-refractivity contribution in [2.75, 3.05) is 6.54 Å². The van der Waals surface area contributed by atoms with E-state index in [0.717, 1.165) is 18.4 Å². The van der Waals surface area contributed by atoms with Gasteiger partial charge < -0.3 is 9.88 Å². The van der Waals surface area contributed by atoms with Crippen LogP contribution in [-0.2, 0) is 11.2 Å². The van der Waals surface area contributed by atoms with Crippen LogP contribution in [0.25, 0.3) is 10.9 Å². The van der Waals surface area contributed by atoms with Gasteiger partial charge in [-0.3, -0.25) is 9.69 Å². The molecule has 1 fully saturated rings. The molecule has 2 aromatic rings. The Bertz CT molecular complexity index is 781. The highest BCUT2D eigenvalue weighted by molar-refractivity contribution is 7.80. The number of benzene rings is 1. The van der Waals surface area contributed by atoms with Gasteiger partial charge >= 0.3 is 0 Å². The minimum Gasteiger partial charge on any atom is -0.356 e. The van der Waals surface area contributed by atoms with Gasteiger partial charge in [0.25, 0.3) is 5.91 Å². The molecule has 22 heavy (non-hydrogen) atoms. The minimum atomic E-state index is -0.138. The first kappa shape index (κ1) is 13.8. The first-order valence-electron chi connectivity index (χ1n) is 7.86. The number of thiocarbonyl (C=S) groups is 1. The molecule has 0 radical (unpaired) electrons. The van der Waals surface area contributed by atoms with Gasteiger partial charge in [-0.1, -0.05) is 25.1 Å². The van der Waals surface area contributed by atoms with E-state index in [0.29, 0.717) is 11.7 Å². The number of nitrogens with one attached hydrogen (secondary N) is 1. The lowest BCUT2D eigenvalue weighted by Crippen LogP contribution is -2.42. The number of aromatic amines is 1. The third-order valence-electron chi connectivity index (χ3n) is 4.87. The third-order valence-corrected chi connectivity index (χ3v) is 5.30. The molecule has 5 heteroatoms. The predicted octanol–water partition coefficient (Wildman–Crippen LogP) is 2.99. The second kappa shape index (κ2) is 4.81. The molecule has 0 aliphatic carbocycles. The third kappa shape index (κ3) is 1.69. The van der Waals surface area contributed by atoms with Gasteiger partial charge in [0, 0.05) is 29.6 Å². The molecule has 114 valence electrons. The van der Waals surface area contributed by atoms with E-state index < -0.39 is 0 Å². The van der Waals surface area contributed by atoms with Crippen molar-refractivity contribution in [2.24, 2.45) is 0 Å². The van der Waals surface area contributed by atoms with Crippen molar-refractivity contribution in [1.29, 1.82) is 0 Å². The zero-order chi connectivity index (χ0) is 15.4. The highest BCUT2D eigenvalue weighted by Crippen LogP contribution is 2.40. The summed E-state index contributed by atoms with van der Waals surface area (Å²) in [5, 5.41) is 1.92. The molecule has 1 aromatic heterocycles. The Hall–Kier alpha value is -1.88. The van der Waals surface area contributed by atoms with Gasteiger partial charge in [-0.25, -0.2) is 0 Å². The number of fused-ring (bicyclic) bond motifs is 4. The van der Waals surface area contributed by atoms with E-state index >= 15 is 0 Å². The summed E-state index contributed by atoms with van der Waals surface area (Å²) in [4.78, 5) is 20.2. The molecule has 2 aliphatic heterocycles. The fraction of sp³-hybridized carbons (Fsp3) is 0.412. The molecular weight excluding hydrogens is 294 g/mol. The van der Waals surface area contributed by atoms with Crippen LogP contribution in [0.3, 0.4) is 0 Å². The molecule has 2 atom stereocenters. The molecular formula is C17H19N3OS. The zero-order valence-corrected chi connectivity index (χ0v) is 13.6. The van der Waals surface area contributed by atoms with E-state index in [4.69, 9.17) is 12.2 Å². The zero-order valence-electron chi connectivity index (χ0n) is 12.8. The van der Waals surface area contributed by atoms with Gasteiger partial charge in [0.15, 0.2) is 5.11 Å². The number of carbonyl (C=O) groups excluding carboxylic acids is 1. The van der Waals surface area contributed by atoms with E-state index in [-0.39, 0.29) is 18.0 Å². The van der Waals surface area contributed by atoms with Crippen molar-refractivity contribution in [3.05, 3.63) is 35.5 Å². The van der Waals surface area contributed by atoms with Crippen LogP contribution in [0.15, 0.2) is 24.3 Å². The maximum Gasteiger partial charge on any atom is 0.251 e. The number of H-pyrrole nitrogens is 1. The summed E-state index contributed by atoms with van der Waals surface area (Å²) in [7, 11) is 0. The number of hydrogen-bond donors (Lipinski definition) is 1. The van der Waals surface area contributed by atoms with E-state index in [1.807, 2.05) is 6.07 Å². The van der Waals surface area contributed by atoms with Crippen molar-refractivity contribution >= 4 is 34.1 Å². The Labute approximate surface area is 135 Å². The first-order valence-corrected chi connectivity index (χ1v) is 8.27. The highest BCUT2D eigenvalue weighted by atomic mass is 32.1. The van der Waals surface area contributed by atoms with Crippen molar-refractivity contribution < 1.29 is 4.79 Å². The predicted molar refractivity (Wildman–Crippen MR) is 90.6 cm³/mol. The monoisotopic (exact) mass is 313 g/mol. The van der Waals surface area contributed by atoms with Crippen LogP contribution in [0.2, 0.25) is 0 Å². The summed E-state index contributed by atoms with van der Waals surface area (Å²) < 4.78 is 0. The van der Waals surface area contributed by atoms with Crippen LogP contribution in [-0.4, -0.2) is 38.4 Å². The molecule has 0 unspecified atom stereocenters. The number of aromatic nitrogens is 1. The summed E-state index contributed by atoms with van der Waals surface area (Å²) in [6.45, 7) is 4.92. The number of rotatable bonds is 2. The number of nitrogens with zero attached hydrogens (tertiary/aromatic N) is 2. The Balaban J connectivity index is 1.82. The lowest BCUT2D eigenvalue weighted by atomic mass is 9.93. The van der Waals surface area contributed by atoms with Crippen molar-refractivity contribution in [3.8, 4) is 0 Å². The summed E-state index contributed by atoms with van der Waals surface area (Å²) in [5.41, 5.74) is 3.62. The summed E-state index contributed by atoms with van der Waals surface area (Å²) in [6, 6.07) is 8.29. The number of hydrogen-bond acceptors (Lipinski definition) is 2. The van der Waals surface area contributed by atoms with Crippen LogP contribution in [0, 0.1) is 0 Å². The maximum absolute atomic E-state index is 12.7. The van der Waals surface area contributed by atoms with Crippen LogP contribution in [0.4, 0.5) is 0 Å². The largest absolute Gasteiger partial charge is 0.356 e. The number of amides is 1. The Kier molecular flexibility index (Phi) is 3.01. The Morgan fingerprint density at radius 2 is 2.14 bits per heavy atom. The Morgan fingerprint density at radius 3 is 2.91 bits per heavy atom. The van der Waals surface area contributed by atoms with Gasteiger partial charge in [0.2, 0.25) is 0 Å². The summed E-state index contributed by atoms with van der Waals surface area (Å²) in [6.07, 6.45) is 1.66. The van der Waals surface area contributed by atoms with Crippen molar-refractivity contribution in [3.63, 3.8) is 0 Å². The molecule has 1 aromatic carbocycles. The average molecular weight is 313 g/mol. The second-order valence-corrected chi connectivity index (χ2v) is 6.50. The quantitative estimate of drug-likeness (QED) is 0.866. The van der Waals surface area contributed by atoms with E-state index in [9.17, 15) is 4.79 Å². The molecule has 0 spiro atoms. The smallest absolute Gasteiger partial charge is 0.251 e. The molecule has 4 nitrogen and oxygen atoms in total. The second-order valence-electron chi connectivity index (χ2n) is 6.14. The molecule has 1 saturated heterocycles. The van der Waals surface area contributed by atoms with Crippen molar-refractivity contribution in [1.82, 2.24) is 14.8 Å². The molecule has 4 rings (SSSR count). The molecule has 2 aliphatic rings. The lowest BCUT2D eigenvalue weighted by Gasteiger charge is -2.35. The highest BCUT2D eigenvalue weighted by Gasteiger charge is 2.48. The molecule has 0 saturated carbocycles. The topological polar surface area (TPSA) is 39.3 Å². The van der Waals surface area contributed by atoms with Crippen molar-refractivity contribution in [2.45, 2.75) is 38.8 Å². The molecule has 0 bridgehead atoms. The normalized spacial score (nSPS) is 24.1. The number of para-hydroxylation sites is 1. The van der Waals surface area contributed by atoms with Crippen LogP contribution in [0.5, 0.6) is 0 Å². The van der Waals surface area contributed by atoms with Crippen LogP contribution < -0.4 is 0 Å². The molecule has 1 N–H and O–H groups in total. The van der Waals surface area contributed by atoms with Gasteiger partial charge in [-0.15, -0.1) is 0 Å². The number of carbonyl (C=O) groups is 1. The van der Waals surface area contributed by atoms with E-state index in [1.54, 1.807) is 4.90 Å². The average Bonchev–Trinajstić information content (AvgIpc) is 3.00. The lowest BCUT2D eigenvalue weighted by molar-refractivity contribution is -0.128. The van der Waals surface area contributed by atoms with Gasteiger partial charge in [0.05, 0.1) is 6.04 Å². The SMILES string of the molecule is CCCN1C(=O)[C@H]2Cc3c([nH]c4ccccc34)[C@@H](C)N2C1=S. The first-order chi connectivity index (χ1) is 10.6. The molecule has 3 heterocycles. The standard InChI is InChI=1S/C17H19N3OS/c1-3-8-19-16(21)14-9-12-11-6-4-5-7-13(11)18-15(12)10(2)20(14)17(19)22/h4-7,10,14,18H,3,8-9H2,1-2H3/t10-,14-/m1/s1. The van der Waals surface area contributed by atoms with Gasteiger partial charge in [-0.2, -0.15) is 0 Å². The minimum absolute atomic E-state index is 0.111. The van der Waals surface area contributed by atoms with Crippen LogP contribution in [0.1, 0.15) is 37.6 Å². The van der Waals surface area contributed by atoms with E-state index in [2.05, 4.69) is 41.9 Å².